The molecular formula is C30H37NO4. The molecule has 186 valence electrons. The number of hydrogen-bond donors (Lipinski definition) is 1. The molecule has 0 spiro atoms. The van der Waals surface area contributed by atoms with Crippen LogP contribution in [0.2, 0.25) is 0 Å². The van der Waals surface area contributed by atoms with Gasteiger partial charge in [-0.3, -0.25) is 5.32 Å². The molecule has 5 nitrogen and oxygen atoms in total. The van der Waals surface area contributed by atoms with Crippen LogP contribution >= 0.6 is 0 Å². The fraction of sp³-hybridized carbons (Fsp3) is 0.367. The van der Waals surface area contributed by atoms with E-state index in [4.69, 9.17) is 14.2 Å². The lowest BCUT2D eigenvalue weighted by atomic mass is 9.99. The van der Waals surface area contributed by atoms with Crippen molar-refractivity contribution >= 4 is 6.09 Å². The molecule has 0 radical (unpaired) electrons. The van der Waals surface area contributed by atoms with Crippen LogP contribution in [0.4, 0.5) is 4.79 Å². The number of amides is 1. The van der Waals surface area contributed by atoms with Gasteiger partial charge in [0.2, 0.25) is 0 Å². The molecule has 0 aliphatic carbocycles. The molecule has 0 unspecified atom stereocenters. The molecular weight excluding hydrogens is 438 g/mol. The summed E-state index contributed by atoms with van der Waals surface area (Å²) in [4.78, 5) is 11.9. The zero-order chi connectivity index (χ0) is 25.3. The Bertz CT molecular complexity index is 1080. The third-order valence-electron chi connectivity index (χ3n) is 5.38. The number of carbonyl (C=O) groups excluding carboxylic acids is 1. The van der Waals surface area contributed by atoms with Crippen LogP contribution in [0.5, 0.6) is 11.5 Å². The molecule has 0 bridgehead atoms. The molecule has 0 heterocycles. The van der Waals surface area contributed by atoms with Crippen molar-refractivity contribution in [3.05, 3.63) is 72.3 Å². The van der Waals surface area contributed by atoms with Crippen LogP contribution < -0.4 is 14.8 Å². The summed E-state index contributed by atoms with van der Waals surface area (Å²) in [6.07, 6.45) is 2.96. The van der Waals surface area contributed by atoms with Gasteiger partial charge in [0.1, 0.15) is 17.1 Å². The van der Waals surface area contributed by atoms with Crippen molar-refractivity contribution in [2.75, 3.05) is 13.3 Å². The predicted octanol–water partition coefficient (Wildman–Crippen LogP) is 7.76. The topological polar surface area (TPSA) is 56.8 Å². The molecule has 0 fully saturated rings. The largest absolute Gasteiger partial charge is 0.494 e. The number of nitrogens with one attached hydrogen (secondary N) is 1. The van der Waals surface area contributed by atoms with Crippen molar-refractivity contribution < 1.29 is 19.0 Å². The lowest BCUT2D eigenvalue weighted by molar-refractivity contribution is 0.0485. The Morgan fingerprint density at radius 2 is 1.46 bits per heavy atom. The molecule has 1 N–H and O–H groups in total. The normalized spacial score (nSPS) is 11.1. The van der Waals surface area contributed by atoms with Crippen molar-refractivity contribution in [3.8, 4) is 33.8 Å². The first-order chi connectivity index (χ1) is 16.7. The summed E-state index contributed by atoms with van der Waals surface area (Å²) < 4.78 is 17.0. The smallest absolute Gasteiger partial charge is 0.410 e. The van der Waals surface area contributed by atoms with Crippen molar-refractivity contribution in [2.45, 2.75) is 59.5 Å². The van der Waals surface area contributed by atoms with E-state index in [0.717, 1.165) is 46.6 Å². The fourth-order valence-corrected chi connectivity index (χ4v) is 3.60. The Balaban J connectivity index is 1.66. The van der Waals surface area contributed by atoms with E-state index in [1.807, 2.05) is 52.0 Å². The summed E-state index contributed by atoms with van der Waals surface area (Å²) in [5, 5.41) is 2.65. The number of unbranched alkanes of at least 4 members (excludes halogenated alkanes) is 2. The summed E-state index contributed by atoms with van der Waals surface area (Å²) in [7, 11) is 0. The van der Waals surface area contributed by atoms with Gasteiger partial charge in [-0.2, -0.15) is 0 Å². The van der Waals surface area contributed by atoms with Crippen molar-refractivity contribution in [3.63, 3.8) is 0 Å². The first-order valence-electron chi connectivity index (χ1n) is 12.3. The molecule has 3 aromatic rings. The second-order valence-electron chi connectivity index (χ2n) is 9.62. The van der Waals surface area contributed by atoms with Gasteiger partial charge in [-0.25, -0.2) is 4.79 Å². The highest BCUT2D eigenvalue weighted by Gasteiger charge is 2.16. The van der Waals surface area contributed by atoms with Crippen LogP contribution in [-0.4, -0.2) is 25.0 Å². The summed E-state index contributed by atoms with van der Waals surface area (Å²) in [6, 6.07) is 22.7. The Morgan fingerprint density at radius 3 is 2.09 bits per heavy atom. The van der Waals surface area contributed by atoms with Gasteiger partial charge in [-0.05, 0) is 74.6 Å². The zero-order valence-corrected chi connectivity index (χ0v) is 21.5. The minimum absolute atomic E-state index is 0.0241. The monoisotopic (exact) mass is 475 g/mol. The average Bonchev–Trinajstić information content (AvgIpc) is 2.81. The molecule has 0 saturated carbocycles. The Morgan fingerprint density at radius 1 is 0.829 bits per heavy atom. The summed E-state index contributed by atoms with van der Waals surface area (Å²) >= 11 is 0. The van der Waals surface area contributed by atoms with Crippen molar-refractivity contribution in [2.24, 2.45) is 0 Å². The van der Waals surface area contributed by atoms with Crippen molar-refractivity contribution in [1.82, 2.24) is 5.32 Å². The molecule has 0 aliphatic heterocycles. The number of alkyl carbamates (subject to hydrolysis) is 1. The van der Waals surface area contributed by atoms with Crippen LogP contribution in [0.1, 0.15) is 52.5 Å². The van der Waals surface area contributed by atoms with Gasteiger partial charge in [-0.15, -0.1) is 0 Å². The quantitative estimate of drug-likeness (QED) is 0.240. The van der Waals surface area contributed by atoms with Crippen LogP contribution in [0.25, 0.3) is 22.3 Å². The third kappa shape index (κ3) is 8.36. The second kappa shape index (κ2) is 12.3. The molecule has 5 heteroatoms. The van der Waals surface area contributed by atoms with Gasteiger partial charge in [0, 0.05) is 5.56 Å². The average molecular weight is 476 g/mol. The Kier molecular flexibility index (Phi) is 9.18. The highest BCUT2D eigenvalue weighted by atomic mass is 16.6. The molecule has 0 aromatic heterocycles. The maximum Gasteiger partial charge on any atom is 0.410 e. The van der Waals surface area contributed by atoms with Gasteiger partial charge in [0.05, 0.1) is 6.61 Å². The Labute approximate surface area is 209 Å². The molecule has 0 atom stereocenters. The van der Waals surface area contributed by atoms with Gasteiger partial charge >= 0.3 is 6.09 Å². The molecule has 35 heavy (non-hydrogen) atoms. The van der Waals surface area contributed by atoms with E-state index in [-0.39, 0.29) is 6.73 Å². The number of rotatable bonds is 10. The number of aryl methyl sites for hydroxylation is 1. The molecule has 3 aromatic carbocycles. The highest BCUT2D eigenvalue weighted by molar-refractivity contribution is 5.74. The second-order valence-corrected chi connectivity index (χ2v) is 9.62. The van der Waals surface area contributed by atoms with Crippen LogP contribution in [0, 0.1) is 6.92 Å². The predicted molar refractivity (Wildman–Crippen MR) is 142 cm³/mol. The van der Waals surface area contributed by atoms with Gasteiger partial charge in [-0.1, -0.05) is 68.3 Å². The third-order valence-corrected chi connectivity index (χ3v) is 5.38. The molecule has 1 amide bonds. The number of hydrogen-bond acceptors (Lipinski definition) is 4. The van der Waals surface area contributed by atoms with Crippen LogP contribution in [-0.2, 0) is 4.74 Å². The zero-order valence-electron chi connectivity index (χ0n) is 21.5. The SMILES string of the molecule is CCCCCOc1ccc(-c2ccc(-c3ccc(C)cc3OCNC(=O)OC(C)(C)C)cc2)cc1. The molecule has 0 aliphatic rings. The summed E-state index contributed by atoms with van der Waals surface area (Å²) in [5.74, 6) is 1.61. The first kappa shape index (κ1) is 26.1. The maximum atomic E-state index is 11.9. The highest BCUT2D eigenvalue weighted by Crippen LogP contribution is 2.33. The van der Waals surface area contributed by atoms with E-state index in [9.17, 15) is 4.79 Å². The minimum atomic E-state index is -0.553. The van der Waals surface area contributed by atoms with E-state index in [1.54, 1.807) is 0 Å². The van der Waals surface area contributed by atoms with E-state index in [2.05, 4.69) is 54.7 Å². The van der Waals surface area contributed by atoms with Gasteiger partial charge in [0.15, 0.2) is 6.73 Å². The van der Waals surface area contributed by atoms with Crippen molar-refractivity contribution in [1.29, 1.82) is 0 Å². The van der Waals surface area contributed by atoms with E-state index < -0.39 is 11.7 Å². The van der Waals surface area contributed by atoms with Crippen LogP contribution in [0.3, 0.4) is 0 Å². The maximum absolute atomic E-state index is 11.9. The van der Waals surface area contributed by atoms with Crippen LogP contribution in [0.15, 0.2) is 66.7 Å². The van der Waals surface area contributed by atoms with E-state index in [1.165, 1.54) is 12.8 Å². The minimum Gasteiger partial charge on any atom is -0.494 e. The van der Waals surface area contributed by atoms with Gasteiger partial charge in [0.25, 0.3) is 0 Å². The standard InChI is InChI=1S/C30H37NO4/c1-6-7-8-19-33-26-16-14-24(15-17-26)23-10-12-25(13-11-23)27-18-9-22(2)20-28(27)34-21-31-29(32)35-30(3,4)5/h9-18,20H,6-8,19,21H2,1-5H3,(H,31,32). The Hall–Kier alpha value is -3.47. The van der Waals surface area contributed by atoms with Gasteiger partial charge < -0.3 is 14.2 Å². The summed E-state index contributed by atoms with van der Waals surface area (Å²) in [6.45, 7) is 10.5. The first-order valence-corrected chi connectivity index (χ1v) is 12.3. The lowest BCUT2D eigenvalue weighted by Gasteiger charge is -2.20. The fourth-order valence-electron chi connectivity index (χ4n) is 3.60. The summed E-state index contributed by atoms with van der Waals surface area (Å²) in [5.41, 5.74) is 4.80. The molecule has 3 rings (SSSR count). The lowest BCUT2D eigenvalue weighted by Crippen LogP contribution is -2.34. The van der Waals surface area contributed by atoms with E-state index >= 15 is 0 Å². The number of benzene rings is 3. The number of ether oxygens (including phenoxy) is 3. The van der Waals surface area contributed by atoms with E-state index in [0.29, 0.717) is 5.75 Å². The molecule has 0 saturated heterocycles. The number of carbonyl (C=O) groups is 1.